The maximum atomic E-state index is 13.8. The van der Waals surface area contributed by atoms with Crippen LogP contribution in [0.15, 0.2) is 48.5 Å². The molecule has 2 unspecified atom stereocenters. The molecular formula is C28H34N2O. The maximum Gasteiger partial charge on any atom is 0.227 e. The maximum absolute atomic E-state index is 13.8. The Balaban J connectivity index is 1.21. The van der Waals surface area contributed by atoms with Gasteiger partial charge in [-0.2, -0.15) is 0 Å². The molecule has 2 heterocycles. The fourth-order valence-electron chi connectivity index (χ4n) is 6.71. The van der Waals surface area contributed by atoms with Gasteiger partial charge >= 0.3 is 0 Å². The van der Waals surface area contributed by atoms with Crippen LogP contribution in [0.3, 0.4) is 0 Å². The molecule has 2 aliphatic carbocycles. The van der Waals surface area contributed by atoms with E-state index in [1.165, 1.54) is 47.9 Å². The van der Waals surface area contributed by atoms with Crippen molar-refractivity contribution in [2.24, 2.45) is 5.92 Å². The van der Waals surface area contributed by atoms with E-state index >= 15 is 0 Å². The van der Waals surface area contributed by atoms with Crippen molar-refractivity contribution >= 4 is 5.91 Å². The summed E-state index contributed by atoms with van der Waals surface area (Å²) in [5.41, 5.74) is 5.97. The number of rotatable bonds is 3. The average Bonchev–Trinajstić information content (AvgIpc) is 3.60. The van der Waals surface area contributed by atoms with Crippen LogP contribution in [0.25, 0.3) is 0 Å². The zero-order valence-corrected chi connectivity index (χ0v) is 18.5. The van der Waals surface area contributed by atoms with Crippen molar-refractivity contribution in [3.63, 3.8) is 0 Å². The van der Waals surface area contributed by atoms with Crippen LogP contribution in [0.2, 0.25) is 0 Å². The minimum absolute atomic E-state index is 0.00300. The Hall–Kier alpha value is -2.13. The van der Waals surface area contributed by atoms with E-state index in [-0.39, 0.29) is 11.3 Å². The lowest BCUT2D eigenvalue weighted by Crippen LogP contribution is -2.49. The van der Waals surface area contributed by atoms with Crippen LogP contribution in [0, 0.1) is 5.92 Å². The number of hydrogen-bond acceptors (Lipinski definition) is 2. The highest BCUT2D eigenvalue weighted by Crippen LogP contribution is 2.48. The number of piperidine rings is 1. The van der Waals surface area contributed by atoms with Crippen molar-refractivity contribution in [1.29, 1.82) is 0 Å². The molecule has 162 valence electrons. The first-order valence-electron chi connectivity index (χ1n) is 12.4. The monoisotopic (exact) mass is 414 g/mol. The quantitative estimate of drug-likeness (QED) is 0.785. The summed E-state index contributed by atoms with van der Waals surface area (Å²) < 4.78 is 0. The smallest absolute Gasteiger partial charge is 0.227 e. The SMILES string of the molecule is O=C(C1CNCC12CCCc1cc(C3CC3)ccc12)N1CCC(c2ccccc2)CC1. The van der Waals surface area contributed by atoms with Crippen LogP contribution >= 0.6 is 0 Å². The number of nitrogens with one attached hydrogen (secondary N) is 1. The summed E-state index contributed by atoms with van der Waals surface area (Å²) in [5.74, 6) is 1.88. The first kappa shape index (κ1) is 19.5. The molecular weight excluding hydrogens is 380 g/mol. The highest BCUT2D eigenvalue weighted by Gasteiger charge is 2.51. The fraction of sp³-hybridized carbons (Fsp3) is 0.536. The van der Waals surface area contributed by atoms with Crippen LogP contribution in [0.5, 0.6) is 0 Å². The van der Waals surface area contributed by atoms with E-state index in [0.29, 0.717) is 11.8 Å². The number of amides is 1. The van der Waals surface area contributed by atoms with Gasteiger partial charge in [0.25, 0.3) is 0 Å². The molecule has 2 aromatic rings. The number of likely N-dealkylation sites (tertiary alicyclic amines) is 1. The number of benzene rings is 2. The fourth-order valence-corrected chi connectivity index (χ4v) is 6.71. The largest absolute Gasteiger partial charge is 0.342 e. The predicted octanol–water partition coefficient (Wildman–Crippen LogP) is 4.76. The standard InChI is InChI=1S/C28H34N2O/c31-27(30-15-12-22(13-16-30)20-5-2-1-3-6-20)26-18-29-19-28(26)14-4-7-24-17-23(21-8-9-21)10-11-25(24)28/h1-3,5-6,10-11,17,21-22,26,29H,4,7-9,12-16,18-19H2. The Morgan fingerprint density at radius 2 is 1.71 bits per heavy atom. The number of carbonyl (C=O) groups is 1. The Kier molecular flexibility index (Phi) is 4.90. The normalized spacial score (nSPS) is 28.6. The van der Waals surface area contributed by atoms with E-state index < -0.39 is 0 Å². The van der Waals surface area contributed by atoms with Gasteiger partial charge < -0.3 is 10.2 Å². The zero-order chi connectivity index (χ0) is 20.8. The number of aryl methyl sites for hydroxylation is 1. The summed E-state index contributed by atoms with van der Waals surface area (Å²) in [6.07, 6.45) is 8.42. The molecule has 3 fully saturated rings. The zero-order valence-electron chi connectivity index (χ0n) is 18.5. The van der Waals surface area contributed by atoms with Crippen molar-refractivity contribution in [3.8, 4) is 0 Å². The molecule has 6 rings (SSSR count). The van der Waals surface area contributed by atoms with E-state index in [2.05, 4.69) is 58.7 Å². The van der Waals surface area contributed by atoms with Gasteiger partial charge in [0.05, 0.1) is 5.92 Å². The first-order valence-corrected chi connectivity index (χ1v) is 12.4. The molecule has 4 aliphatic rings. The molecule has 3 heteroatoms. The van der Waals surface area contributed by atoms with Crippen LogP contribution in [0.1, 0.15) is 72.6 Å². The van der Waals surface area contributed by atoms with E-state index in [4.69, 9.17) is 0 Å². The third-order valence-corrected chi connectivity index (χ3v) is 8.62. The Morgan fingerprint density at radius 3 is 2.48 bits per heavy atom. The summed E-state index contributed by atoms with van der Waals surface area (Å²) in [6.45, 7) is 3.60. The molecule has 2 aliphatic heterocycles. The molecule has 2 atom stereocenters. The van der Waals surface area contributed by atoms with Gasteiger partial charge in [0.1, 0.15) is 0 Å². The van der Waals surface area contributed by atoms with E-state index in [1.807, 2.05) is 0 Å². The number of nitrogens with zero attached hydrogens (tertiary/aromatic N) is 1. The van der Waals surface area contributed by atoms with Crippen molar-refractivity contribution in [2.45, 2.75) is 62.2 Å². The minimum Gasteiger partial charge on any atom is -0.342 e. The van der Waals surface area contributed by atoms with Crippen molar-refractivity contribution < 1.29 is 4.79 Å². The molecule has 0 aromatic heterocycles. The van der Waals surface area contributed by atoms with Crippen LogP contribution < -0.4 is 5.32 Å². The van der Waals surface area contributed by atoms with Gasteiger partial charge in [0.15, 0.2) is 0 Å². The van der Waals surface area contributed by atoms with Gasteiger partial charge in [-0.3, -0.25) is 4.79 Å². The molecule has 0 radical (unpaired) electrons. The summed E-state index contributed by atoms with van der Waals surface area (Å²) in [6, 6.07) is 18.1. The molecule has 31 heavy (non-hydrogen) atoms. The van der Waals surface area contributed by atoms with E-state index in [1.54, 1.807) is 0 Å². The second-order valence-electron chi connectivity index (χ2n) is 10.4. The molecule has 0 bridgehead atoms. The Morgan fingerprint density at radius 1 is 0.935 bits per heavy atom. The summed E-state index contributed by atoms with van der Waals surface area (Å²) >= 11 is 0. The highest BCUT2D eigenvalue weighted by atomic mass is 16.2. The van der Waals surface area contributed by atoms with Crippen molar-refractivity contribution in [1.82, 2.24) is 10.2 Å². The van der Waals surface area contributed by atoms with Crippen LogP contribution in [-0.2, 0) is 16.6 Å². The molecule has 1 spiro atoms. The predicted molar refractivity (Wildman–Crippen MR) is 124 cm³/mol. The highest BCUT2D eigenvalue weighted by molar-refractivity contribution is 5.82. The number of carbonyl (C=O) groups excluding carboxylic acids is 1. The Labute approximate surface area is 186 Å². The second-order valence-corrected chi connectivity index (χ2v) is 10.4. The lowest BCUT2D eigenvalue weighted by Gasteiger charge is -2.42. The summed E-state index contributed by atoms with van der Waals surface area (Å²) in [4.78, 5) is 16.0. The number of hydrogen-bond donors (Lipinski definition) is 1. The van der Waals surface area contributed by atoms with Gasteiger partial charge in [-0.1, -0.05) is 48.5 Å². The third-order valence-electron chi connectivity index (χ3n) is 8.62. The number of fused-ring (bicyclic) bond motifs is 2. The molecule has 1 N–H and O–H groups in total. The van der Waals surface area contributed by atoms with E-state index in [9.17, 15) is 4.79 Å². The third kappa shape index (κ3) is 3.42. The minimum atomic E-state index is 0.00300. The lowest BCUT2D eigenvalue weighted by molar-refractivity contribution is -0.138. The second kappa shape index (κ2) is 7.78. The van der Waals surface area contributed by atoms with E-state index in [0.717, 1.165) is 51.4 Å². The first-order chi connectivity index (χ1) is 15.2. The molecule has 2 saturated heterocycles. The van der Waals surface area contributed by atoms with Gasteiger partial charge in [0.2, 0.25) is 5.91 Å². The Bertz CT molecular complexity index is 958. The molecule has 3 nitrogen and oxygen atoms in total. The summed E-state index contributed by atoms with van der Waals surface area (Å²) in [7, 11) is 0. The summed E-state index contributed by atoms with van der Waals surface area (Å²) in [5, 5.41) is 3.63. The van der Waals surface area contributed by atoms with Crippen molar-refractivity contribution in [3.05, 3.63) is 70.8 Å². The van der Waals surface area contributed by atoms with Crippen LogP contribution in [-0.4, -0.2) is 37.0 Å². The topological polar surface area (TPSA) is 32.3 Å². The molecule has 1 saturated carbocycles. The lowest BCUT2D eigenvalue weighted by atomic mass is 9.63. The molecule has 1 amide bonds. The van der Waals surface area contributed by atoms with Gasteiger partial charge in [-0.05, 0) is 79.0 Å². The molecule has 2 aromatic carbocycles. The van der Waals surface area contributed by atoms with Crippen LogP contribution in [0.4, 0.5) is 0 Å². The average molecular weight is 415 g/mol. The van der Waals surface area contributed by atoms with Crippen molar-refractivity contribution in [2.75, 3.05) is 26.2 Å². The van der Waals surface area contributed by atoms with Gasteiger partial charge in [0, 0.05) is 31.6 Å². The van der Waals surface area contributed by atoms with Gasteiger partial charge in [-0.15, -0.1) is 0 Å². The van der Waals surface area contributed by atoms with Gasteiger partial charge in [-0.25, -0.2) is 0 Å².